The van der Waals surface area contributed by atoms with Crippen molar-refractivity contribution in [1.29, 1.82) is 0 Å². The van der Waals surface area contributed by atoms with Crippen molar-refractivity contribution in [3.63, 3.8) is 0 Å². The van der Waals surface area contributed by atoms with E-state index in [4.69, 9.17) is 9.57 Å². The zero-order valence-electron chi connectivity index (χ0n) is 20.9. The molecule has 1 fully saturated rings. The van der Waals surface area contributed by atoms with E-state index in [-0.39, 0.29) is 44.0 Å². The molecule has 1 aromatic rings. The van der Waals surface area contributed by atoms with Crippen LogP contribution in [0.2, 0.25) is 0 Å². The van der Waals surface area contributed by atoms with E-state index in [2.05, 4.69) is 21.4 Å². The molecule has 1 heterocycles. The number of carbonyl (C=O) groups excluding carboxylic acids is 5. The lowest BCUT2D eigenvalue weighted by molar-refractivity contribution is -0.126. The van der Waals surface area contributed by atoms with Crippen LogP contribution >= 0.6 is 0 Å². The highest BCUT2D eigenvalue weighted by molar-refractivity contribution is 5.96. The van der Waals surface area contributed by atoms with Gasteiger partial charge >= 0.3 is 12.1 Å². The molecule has 12 heteroatoms. The highest BCUT2D eigenvalue weighted by Gasteiger charge is 2.24. The van der Waals surface area contributed by atoms with Crippen LogP contribution in [-0.4, -0.2) is 66.9 Å². The number of likely N-dealkylation sites (tertiary alicyclic amines) is 1. The number of hydrogen-bond donors (Lipinski definition) is 4. The lowest BCUT2D eigenvalue weighted by Crippen LogP contribution is -2.53. The highest BCUT2D eigenvalue weighted by Crippen LogP contribution is 2.13. The second kappa shape index (κ2) is 14.7. The summed E-state index contributed by atoms with van der Waals surface area (Å²) in [5.41, 5.74) is 3.42. The molecule has 2 rings (SSSR count). The van der Waals surface area contributed by atoms with Crippen LogP contribution in [0.4, 0.5) is 15.3 Å². The Hall–Kier alpha value is -3.67. The second-order valence-electron chi connectivity index (χ2n) is 8.81. The fourth-order valence-corrected chi connectivity index (χ4v) is 3.32. The van der Waals surface area contributed by atoms with Gasteiger partial charge in [-0.05, 0) is 43.4 Å². The number of anilines is 1. The van der Waals surface area contributed by atoms with E-state index in [1.165, 1.54) is 6.92 Å². The largest absolute Gasteiger partial charge is 0.445 e. The summed E-state index contributed by atoms with van der Waals surface area (Å²) in [5, 5.41) is 7.65. The van der Waals surface area contributed by atoms with Gasteiger partial charge in [-0.15, -0.1) is 0 Å². The monoisotopic (exact) mass is 505 g/mol. The molecule has 198 valence electrons. The highest BCUT2D eigenvalue weighted by atomic mass is 16.7. The third kappa shape index (κ3) is 10.3. The van der Waals surface area contributed by atoms with Crippen LogP contribution in [0.15, 0.2) is 24.3 Å². The Morgan fingerprint density at radius 1 is 1.03 bits per heavy atom. The molecule has 1 atom stereocenters. The molecule has 0 radical (unpaired) electrons. The molecule has 4 N–H and O–H groups in total. The molecule has 5 amide bonds. The summed E-state index contributed by atoms with van der Waals surface area (Å²) in [4.78, 5) is 66.1. The fourth-order valence-electron chi connectivity index (χ4n) is 3.32. The van der Waals surface area contributed by atoms with Gasteiger partial charge < -0.3 is 25.6 Å². The number of carbonyl (C=O) groups is 5. The van der Waals surface area contributed by atoms with E-state index in [1.807, 2.05) is 0 Å². The number of amides is 5. The molecule has 12 nitrogen and oxygen atoms in total. The van der Waals surface area contributed by atoms with Crippen molar-refractivity contribution >= 4 is 35.4 Å². The van der Waals surface area contributed by atoms with Crippen molar-refractivity contribution in [3.8, 4) is 0 Å². The Bertz CT molecular complexity index is 914. The van der Waals surface area contributed by atoms with Gasteiger partial charge in [0.1, 0.15) is 18.4 Å². The predicted molar refractivity (Wildman–Crippen MR) is 131 cm³/mol. The number of ketones is 1. The topological polar surface area (TPSA) is 155 Å². The smallest absolute Gasteiger partial charge is 0.410 e. The van der Waals surface area contributed by atoms with Crippen molar-refractivity contribution in [3.05, 3.63) is 29.8 Å². The maximum atomic E-state index is 12.5. The number of hydroxylamine groups is 1. The third-order valence-electron chi connectivity index (χ3n) is 5.34. The lowest BCUT2D eigenvalue weighted by Gasteiger charge is -2.21. The van der Waals surface area contributed by atoms with Gasteiger partial charge in [0.2, 0.25) is 11.8 Å². The van der Waals surface area contributed by atoms with Crippen molar-refractivity contribution in [1.82, 2.24) is 21.0 Å². The Morgan fingerprint density at radius 2 is 1.69 bits per heavy atom. The molecule has 1 unspecified atom stereocenters. The van der Waals surface area contributed by atoms with Crippen molar-refractivity contribution in [2.45, 2.75) is 52.7 Å². The first-order valence-electron chi connectivity index (χ1n) is 11.9. The third-order valence-corrected chi connectivity index (χ3v) is 5.34. The van der Waals surface area contributed by atoms with Crippen molar-refractivity contribution in [2.75, 3.05) is 31.6 Å². The standard InChI is InChI=1S/C24H35N5O7/c1-16(2)21(27-23(33)28-36-13-10-17(3)30)22(32)25-14-20(31)26-19-8-6-18(7-9-19)15-35-24(34)29-11-4-5-12-29/h6-9,16,21H,4-5,10-15H2,1-3H3,(H,25,32)(H,26,31)(H2,27,28,33). The zero-order valence-corrected chi connectivity index (χ0v) is 20.9. The van der Waals surface area contributed by atoms with E-state index in [9.17, 15) is 24.0 Å². The molecular weight excluding hydrogens is 470 g/mol. The first-order chi connectivity index (χ1) is 17.2. The number of nitrogens with one attached hydrogen (secondary N) is 4. The summed E-state index contributed by atoms with van der Waals surface area (Å²) in [6, 6.07) is 5.18. The van der Waals surface area contributed by atoms with Gasteiger partial charge in [-0.1, -0.05) is 26.0 Å². The molecule has 0 bridgehead atoms. The molecule has 1 aromatic carbocycles. The number of benzene rings is 1. The van der Waals surface area contributed by atoms with Crippen LogP contribution in [0.3, 0.4) is 0 Å². The normalized spacial score (nSPS) is 13.6. The summed E-state index contributed by atoms with van der Waals surface area (Å²) in [6.07, 6.45) is 1.81. The minimum atomic E-state index is -0.906. The van der Waals surface area contributed by atoms with E-state index in [0.29, 0.717) is 5.69 Å². The average molecular weight is 506 g/mol. The maximum Gasteiger partial charge on any atom is 0.410 e. The molecule has 1 aliphatic rings. The number of hydrogen-bond acceptors (Lipinski definition) is 7. The second-order valence-corrected chi connectivity index (χ2v) is 8.81. The average Bonchev–Trinajstić information content (AvgIpc) is 3.38. The van der Waals surface area contributed by atoms with Gasteiger partial charge in [0.15, 0.2) is 0 Å². The van der Waals surface area contributed by atoms with Crippen LogP contribution in [0.25, 0.3) is 0 Å². The van der Waals surface area contributed by atoms with E-state index < -0.39 is 23.9 Å². The van der Waals surface area contributed by atoms with E-state index >= 15 is 0 Å². The molecule has 0 aliphatic carbocycles. The number of rotatable bonds is 12. The van der Waals surface area contributed by atoms with Gasteiger partial charge in [-0.25, -0.2) is 15.1 Å². The van der Waals surface area contributed by atoms with Gasteiger partial charge in [-0.2, -0.15) is 0 Å². The Balaban J connectivity index is 1.73. The van der Waals surface area contributed by atoms with Crippen LogP contribution in [0.5, 0.6) is 0 Å². The molecule has 36 heavy (non-hydrogen) atoms. The Morgan fingerprint density at radius 3 is 2.31 bits per heavy atom. The van der Waals surface area contributed by atoms with Crippen molar-refractivity contribution < 1.29 is 33.5 Å². The van der Waals surface area contributed by atoms with Gasteiger partial charge in [0.05, 0.1) is 13.2 Å². The molecular formula is C24H35N5O7. The minimum Gasteiger partial charge on any atom is -0.445 e. The molecule has 1 saturated heterocycles. The fraction of sp³-hybridized carbons (Fsp3) is 0.542. The first kappa shape index (κ1) is 28.6. The summed E-state index contributed by atoms with van der Waals surface area (Å²) >= 11 is 0. The molecule has 0 saturated carbocycles. The van der Waals surface area contributed by atoms with Gasteiger partial charge in [-0.3, -0.25) is 19.2 Å². The number of urea groups is 1. The Kier molecular flexibility index (Phi) is 11.6. The Labute approximate surface area is 210 Å². The summed E-state index contributed by atoms with van der Waals surface area (Å²) < 4.78 is 5.30. The lowest BCUT2D eigenvalue weighted by atomic mass is 10.0. The number of Topliss-reactive ketones (excluding diaryl/α,β-unsaturated/α-hetero) is 1. The van der Waals surface area contributed by atoms with Gasteiger partial charge in [0, 0.05) is 25.2 Å². The zero-order chi connectivity index (χ0) is 26.5. The van der Waals surface area contributed by atoms with Crippen LogP contribution < -0.4 is 21.4 Å². The maximum absolute atomic E-state index is 12.5. The molecule has 1 aliphatic heterocycles. The SMILES string of the molecule is CC(=O)CCONC(=O)NC(C(=O)NCC(=O)Nc1ccc(COC(=O)N2CCCC2)cc1)C(C)C. The number of ether oxygens (including phenoxy) is 1. The van der Waals surface area contributed by atoms with E-state index in [0.717, 1.165) is 31.5 Å². The predicted octanol–water partition coefficient (Wildman–Crippen LogP) is 1.71. The van der Waals surface area contributed by atoms with Crippen LogP contribution in [0, 0.1) is 5.92 Å². The number of nitrogens with zero attached hydrogens (tertiary/aromatic N) is 1. The van der Waals surface area contributed by atoms with Crippen LogP contribution in [-0.2, 0) is 30.6 Å². The van der Waals surface area contributed by atoms with Crippen molar-refractivity contribution in [2.24, 2.45) is 5.92 Å². The summed E-state index contributed by atoms with van der Waals surface area (Å²) in [6.45, 7) is 6.19. The first-order valence-corrected chi connectivity index (χ1v) is 11.9. The van der Waals surface area contributed by atoms with Gasteiger partial charge in [0.25, 0.3) is 0 Å². The summed E-state index contributed by atoms with van der Waals surface area (Å²) in [5.74, 6) is -1.32. The minimum absolute atomic E-state index is 0.0200. The summed E-state index contributed by atoms with van der Waals surface area (Å²) in [7, 11) is 0. The molecule has 0 aromatic heterocycles. The molecule has 0 spiro atoms. The van der Waals surface area contributed by atoms with E-state index in [1.54, 1.807) is 43.0 Å². The quantitative estimate of drug-likeness (QED) is 0.249. The van der Waals surface area contributed by atoms with Crippen LogP contribution in [0.1, 0.15) is 45.6 Å².